The summed E-state index contributed by atoms with van der Waals surface area (Å²) in [5.41, 5.74) is -2.28. The summed E-state index contributed by atoms with van der Waals surface area (Å²) < 4.78 is 79.9. The molecular weight excluding hydrogens is 713 g/mol. The van der Waals surface area contributed by atoms with Crippen LogP contribution in [0.1, 0.15) is 100 Å². The van der Waals surface area contributed by atoms with Crippen LogP contribution in [0.4, 0.5) is 28.0 Å². The number of nitrogens with zero attached hydrogens (tertiary/aromatic N) is 3. The minimum absolute atomic E-state index is 0.0247. The van der Waals surface area contributed by atoms with Gasteiger partial charge in [-0.25, -0.2) is 13.9 Å². The fraction of sp³-hybridized carbons (Fsp3) is 0.421. The smallest absolute Gasteiger partial charge is 0.435 e. The molecule has 284 valence electrons. The lowest BCUT2D eigenvalue weighted by Crippen LogP contribution is -2.52. The van der Waals surface area contributed by atoms with Crippen molar-refractivity contribution in [2.45, 2.75) is 95.8 Å². The fourth-order valence-electron chi connectivity index (χ4n) is 5.62. The lowest BCUT2D eigenvalue weighted by molar-refractivity contribution is -0.141. The van der Waals surface area contributed by atoms with Gasteiger partial charge in [0.15, 0.2) is 5.69 Å². The third kappa shape index (κ3) is 10.1. The van der Waals surface area contributed by atoms with Crippen LogP contribution in [0, 0.1) is 11.7 Å². The largest absolute Gasteiger partial charge is 0.598 e. The van der Waals surface area contributed by atoms with Gasteiger partial charge in [-0.1, -0.05) is 37.1 Å². The first-order valence-electron chi connectivity index (χ1n) is 17.2. The maximum Gasteiger partial charge on any atom is 0.435 e. The molecule has 1 aliphatic rings. The first-order chi connectivity index (χ1) is 24.7. The van der Waals surface area contributed by atoms with E-state index in [1.165, 1.54) is 24.3 Å². The summed E-state index contributed by atoms with van der Waals surface area (Å²) >= 11 is -1.60. The number of halogens is 4. The van der Waals surface area contributed by atoms with Gasteiger partial charge in [-0.3, -0.25) is 9.78 Å². The van der Waals surface area contributed by atoms with E-state index in [9.17, 15) is 27.3 Å². The van der Waals surface area contributed by atoms with Gasteiger partial charge >= 0.3 is 12.3 Å². The minimum atomic E-state index is -4.90. The van der Waals surface area contributed by atoms with Gasteiger partial charge in [0.1, 0.15) is 27.4 Å². The molecule has 4 aromatic rings. The number of anilines is 1. The van der Waals surface area contributed by atoms with Crippen LogP contribution < -0.4 is 15.4 Å². The molecule has 2 aromatic carbocycles. The number of carbonyl (C=O) groups is 2. The van der Waals surface area contributed by atoms with Gasteiger partial charge in [-0.05, 0) is 107 Å². The molecule has 1 unspecified atom stereocenters. The lowest BCUT2D eigenvalue weighted by atomic mass is 9.80. The van der Waals surface area contributed by atoms with Crippen molar-refractivity contribution in [3.8, 4) is 5.69 Å². The fourth-order valence-corrected chi connectivity index (χ4v) is 6.58. The minimum Gasteiger partial charge on any atom is -0.598 e. The van der Waals surface area contributed by atoms with Crippen molar-refractivity contribution in [3.05, 3.63) is 107 Å². The van der Waals surface area contributed by atoms with Gasteiger partial charge < -0.3 is 19.9 Å². The van der Waals surface area contributed by atoms with Crippen LogP contribution in [0.2, 0.25) is 0 Å². The highest BCUT2D eigenvalue weighted by molar-refractivity contribution is 7.90. The highest BCUT2D eigenvalue weighted by atomic mass is 32.2. The summed E-state index contributed by atoms with van der Waals surface area (Å²) in [7, 11) is 0. The number of alkyl carbamates (subject to hydrolysis) is 1. The number of carbonyl (C=O) groups excluding carboxylic acids is 2. The number of hydrogen-bond acceptors (Lipinski definition) is 7. The number of hydrogen-bond donors (Lipinski definition) is 3. The Hall–Kier alpha value is -4.47. The van der Waals surface area contributed by atoms with E-state index in [4.69, 9.17) is 4.74 Å². The molecule has 0 spiro atoms. The van der Waals surface area contributed by atoms with Crippen molar-refractivity contribution in [2.75, 3.05) is 5.32 Å². The van der Waals surface area contributed by atoms with Crippen LogP contribution in [-0.4, -0.2) is 41.7 Å². The second-order valence-corrected chi connectivity index (χ2v) is 17.1. The molecule has 0 bridgehead atoms. The quantitative estimate of drug-likeness (QED) is 0.0981. The van der Waals surface area contributed by atoms with E-state index in [0.29, 0.717) is 35.1 Å². The van der Waals surface area contributed by atoms with Crippen molar-refractivity contribution >= 4 is 29.0 Å². The van der Waals surface area contributed by atoms with Crippen molar-refractivity contribution in [1.29, 1.82) is 0 Å². The maximum atomic E-state index is 15.6. The monoisotopic (exact) mass is 756 g/mol. The number of alkyl halides is 3. The van der Waals surface area contributed by atoms with Gasteiger partial charge in [0.25, 0.3) is 5.91 Å². The van der Waals surface area contributed by atoms with Crippen molar-refractivity contribution in [3.63, 3.8) is 0 Å². The molecule has 1 aliphatic carbocycles. The molecule has 2 atom stereocenters. The second kappa shape index (κ2) is 15.5. The summed E-state index contributed by atoms with van der Waals surface area (Å²) in [4.78, 5) is 30.3. The number of aromatic nitrogens is 3. The third-order valence-electron chi connectivity index (χ3n) is 8.53. The molecule has 5 rings (SSSR count). The van der Waals surface area contributed by atoms with E-state index in [1.54, 1.807) is 51.4 Å². The Balaban J connectivity index is 1.52. The molecule has 1 fully saturated rings. The lowest BCUT2D eigenvalue weighted by Gasteiger charge is -2.38. The van der Waals surface area contributed by atoms with Gasteiger partial charge in [0.2, 0.25) is 0 Å². The Bertz CT molecular complexity index is 1920. The number of ether oxygens (including phenoxy) is 1. The standard InChI is InChI=1S/C38H44F4N6O4S/c1-35(2,3)52-34(50)44-22-25-9-7-11-28(19-25)48-31(21-32(46-48)38(40,41)42)33(49)45-30-20-26(14-15-29(30)39)37(17-16-24-12-13-24,27-10-8-18-43-23-27)47-53(51)36(4,5)6/h7-11,14-15,18-21,23-24,47H,12-13,16-17,22H2,1-6H3,(H,44,50)(H,45,49)/t37?,53-/m1/s1. The van der Waals surface area contributed by atoms with Crippen molar-refractivity contribution in [1.82, 2.24) is 24.8 Å². The van der Waals surface area contributed by atoms with E-state index < -0.39 is 62.6 Å². The Morgan fingerprint density at radius 3 is 2.34 bits per heavy atom. The second-order valence-electron chi connectivity index (χ2n) is 15.1. The van der Waals surface area contributed by atoms with E-state index in [1.807, 2.05) is 26.8 Å². The van der Waals surface area contributed by atoms with Crippen LogP contribution in [0.3, 0.4) is 0 Å². The average molecular weight is 757 g/mol. The molecule has 1 saturated carbocycles. The highest BCUT2D eigenvalue weighted by Gasteiger charge is 2.44. The number of pyridine rings is 1. The van der Waals surface area contributed by atoms with Crippen LogP contribution >= 0.6 is 0 Å². The summed E-state index contributed by atoms with van der Waals surface area (Å²) in [6.07, 6.45) is 1.04. The molecule has 0 saturated heterocycles. The first kappa shape index (κ1) is 39.7. The van der Waals surface area contributed by atoms with Gasteiger partial charge in [-0.2, -0.15) is 18.3 Å². The SMILES string of the molecule is CC(C)(C)OC(=O)NCc1cccc(-n2nc(C(F)(F)F)cc2C(=O)Nc2cc(C(CCC3CC3)(N[S@+]([O-])C(C)(C)C)c3cccnc3)ccc2F)c1. The van der Waals surface area contributed by atoms with E-state index in [-0.39, 0.29) is 17.9 Å². The molecule has 2 aromatic heterocycles. The summed E-state index contributed by atoms with van der Waals surface area (Å²) in [6.45, 7) is 10.6. The number of benzene rings is 2. The normalized spacial score (nSPS) is 15.4. The summed E-state index contributed by atoms with van der Waals surface area (Å²) in [6, 6.07) is 14.4. The zero-order valence-electron chi connectivity index (χ0n) is 30.4. The summed E-state index contributed by atoms with van der Waals surface area (Å²) in [5, 5.41) is 8.75. The Morgan fingerprint density at radius 1 is 0.981 bits per heavy atom. The van der Waals surface area contributed by atoms with E-state index in [2.05, 4.69) is 25.4 Å². The van der Waals surface area contributed by atoms with Crippen LogP contribution in [0.25, 0.3) is 5.69 Å². The summed E-state index contributed by atoms with van der Waals surface area (Å²) in [5.74, 6) is -1.42. The number of nitrogens with one attached hydrogen (secondary N) is 3. The molecule has 53 heavy (non-hydrogen) atoms. The Kier molecular flexibility index (Phi) is 11.6. The topological polar surface area (TPSA) is 133 Å². The van der Waals surface area contributed by atoms with E-state index >= 15 is 4.39 Å². The van der Waals surface area contributed by atoms with Gasteiger partial charge in [0, 0.05) is 36.4 Å². The number of rotatable bonds is 12. The van der Waals surface area contributed by atoms with Crippen molar-refractivity contribution < 1.29 is 36.4 Å². The first-order valence-corrected chi connectivity index (χ1v) is 18.4. The molecule has 10 nitrogen and oxygen atoms in total. The van der Waals surface area contributed by atoms with Crippen molar-refractivity contribution in [2.24, 2.45) is 5.92 Å². The van der Waals surface area contributed by atoms with Gasteiger partial charge in [-0.15, -0.1) is 4.72 Å². The molecule has 0 aliphatic heterocycles. The van der Waals surface area contributed by atoms with Gasteiger partial charge in [0.05, 0.1) is 11.4 Å². The Morgan fingerprint density at radius 2 is 1.72 bits per heavy atom. The highest BCUT2D eigenvalue weighted by Crippen LogP contribution is 2.43. The van der Waals surface area contributed by atoms with E-state index in [0.717, 1.165) is 30.0 Å². The molecule has 0 radical (unpaired) electrons. The Labute approximate surface area is 309 Å². The zero-order valence-corrected chi connectivity index (χ0v) is 31.3. The van der Waals surface area contributed by atoms with Crippen LogP contribution in [-0.2, 0) is 34.4 Å². The molecule has 15 heteroatoms. The molecule has 3 N–H and O–H groups in total. The molecule has 2 heterocycles. The predicted molar refractivity (Wildman–Crippen MR) is 194 cm³/mol. The maximum absolute atomic E-state index is 15.6. The molecular formula is C38H44F4N6O4S. The predicted octanol–water partition coefficient (Wildman–Crippen LogP) is 8.19. The molecule has 2 amide bonds. The average Bonchev–Trinajstić information content (AvgIpc) is 3.79. The number of amides is 2. The van der Waals surface area contributed by atoms with Crippen LogP contribution in [0.15, 0.2) is 73.1 Å². The third-order valence-corrected chi connectivity index (χ3v) is 10.2. The van der Waals surface area contributed by atoms with Crippen LogP contribution in [0.5, 0.6) is 0 Å². The zero-order chi connectivity index (χ0) is 38.8.